The Kier molecular flexibility index (Phi) is 13.8. The minimum absolute atomic E-state index is 0. The molecule has 1 fully saturated rings. The van der Waals surface area contributed by atoms with Crippen molar-refractivity contribution in [2.45, 2.75) is 58.9 Å². The summed E-state index contributed by atoms with van der Waals surface area (Å²) in [6.45, 7) is 10.2. The fourth-order valence-electron chi connectivity index (χ4n) is 6.66. The van der Waals surface area contributed by atoms with Gasteiger partial charge in [0.1, 0.15) is 6.04 Å². The standard InChI is InChI=1S/C38H49N7O4.ClH/c1-4-45(5-2)19-18-40-35(46)29-14-16-31(24(3)20-29)27-10-6-25(7-11-27)21-34(42-36(47)28-12-8-26(23-39)9-13-28)38(49)41-30-15-17-32-33(22-30)43-44-37(32)48;/h6-7,10-11,14-17,20,22,26,28,34H,4-5,8-9,12-13,18-19,21,23,39H2,1-3H3,(H,40,46)(H,41,49)(H,42,47)(H2,43,44,48);1H/t26?,28?,34-;/m0./s1. The molecule has 0 radical (unpaired) electrons. The maximum Gasteiger partial charge on any atom is 0.271 e. The van der Waals surface area contributed by atoms with Crippen LogP contribution in [0.15, 0.2) is 65.5 Å². The van der Waals surface area contributed by atoms with Crippen LogP contribution in [-0.2, 0) is 16.0 Å². The Labute approximate surface area is 299 Å². The average molecular weight is 704 g/mol. The van der Waals surface area contributed by atoms with Crippen LogP contribution in [0.4, 0.5) is 5.69 Å². The van der Waals surface area contributed by atoms with E-state index in [1.54, 1.807) is 18.2 Å². The zero-order valence-corrected chi connectivity index (χ0v) is 30.0. The van der Waals surface area contributed by atoms with Crippen molar-refractivity contribution < 1.29 is 14.4 Å². The highest BCUT2D eigenvalue weighted by atomic mass is 35.5. The maximum absolute atomic E-state index is 13.7. The SMILES string of the molecule is CCN(CC)CCNC(=O)c1ccc(-c2ccc(C[C@H](NC(=O)C3CCC(CN)CC3)C(=O)Nc3ccc4c(=O)[nH][nH]c4c3)cc2)c(C)c1.Cl. The molecule has 12 heteroatoms. The predicted molar refractivity (Wildman–Crippen MR) is 202 cm³/mol. The highest BCUT2D eigenvalue weighted by Crippen LogP contribution is 2.29. The molecule has 1 saturated carbocycles. The Morgan fingerprint density at radius 2 is 1.66 bits per heavy atom. The number of carbonyl (C=O) groups excluding carboxylic acids is 3. The average Bonchev–Trinajstić information content (AvgIpc) is 3.49. The van der Waals surface area contributed by atoms with Crippen molar-refractivity contribution in [1.29, 1.82) is 0 Å². The van der Waals surface area contributed by atoms with Gasteiger partial charge in [-0.25, -0.2) is 0 Å². The summed E-state index contributed by atoms with van der Waals surface area (Å²) in [6.07, 6.45) is 3.62. The molecule has 50 heavy (non-hydrogen) atoms. The summed E-state index contributed by atoms with van der Waals surface area (Å²) >= 11 is 0. The predicted octanol–water partition coefficient (Wildman–Crippen LogP) is 4.76. The second-order valence-corrected chi connectivity index (χ2v) is 13.1. The van der Waals surface area contributed by atoms with E-state index in [1.165, 1.54) is 0 Å². The molecule has 1 heterocycles. The summed E-state index contributed by atoms with van der Waals surface area (Å²) in [6, 6.07) is 17.9. The second kappa shape index (κ2) is 18.0. The van der Waals surface area contributed by atoms with Gasteiger partial charge in [-0.1, -0.05) is 44.2 Å². The number of nitrogens with one attached hydrogen (secondary N) is 5. The van der Waals surface area contributed by atoms with E-state index in [1.807, 2.05) is 49.4 Å². The Morgan fingerprint density at radius 3 is 2.32 bits per heavy atom. The quantitative estimate of drug-likeness (QED) is 0.111. The molecule has 3 amide bonds. The smallest absolute Gasteiger partial charge is 0.271 e. The number of H-pyrrole nitrogens is 2. The lowest BCUT2D eigenvalue weighted by molar-refractivity contribution is -0.130. The third kappa shape index (κ3) is 9.62. The number of nitrogens with zero attached hydrogens (tertiary/aromatic N) is 1. The van der Waals surface area contributed by atoms with Gasteiger partial charge in [0.05, 0.1) is 10.9 Å². The van der Waals surface area contributed by atoms with Crippen LogP contribution in [0.25, 0.3) is 22.0 Å². The first-order valence-corrected chi connectivity index (χ1v) is 17.4. The van der Waals surface area contributed by atoms with Gasteiger partial charge in [0.25, 0.3) is 11.5 Å². The van der Waals surface area contributed by atoms with Crippen LogP contribution in [0.1, 0.15) is 61.0 Å². The Hall–Kier alpha value is -4.45. The highest BCUT2D eigenvalue weighted by molar-refractivity contribution is 5.99. The van der Waals surface area contributed by atoms with Crippen molar-refractivity contribution in [2.75, 3.05) is 38.0 Å². The lowest BCUT2D eigenvalue weighted by atomic mass is 9.81. The lowest BCUT2D eigenvalue weighted by Crippen LogP contribution is -2.48. The fraction of sp³-hybridized carbons (Fsp3) is 0.421. The van der Waals surface area contributed by atoms with Crippen LogP contribution < -0.4 is 27.2 Å². The van der Waals surface area contributed by atoms with Crippen LogP contribution >= 0.6 is 12.4 Å². The van der Waals surface area contributed by atoms with Crippen LogP contribution in [0, 0.1) is 18.8 Å². The summed E-state index contributed by atoms with van der Waals surface area (Å²) in [5.41, 5.74) is 11.2. The highest BCUT2D eigenvalue weighted by Gasteiger charge is 2.29. The molecule has 1 atom stereocenters. The Balaban J connectivity index is 0.00000562. The zero-order valence-electron chi connectivity index (χ0n) is 29.1. The molecule has 4 aromatic rings. The summed E-state index contributed by atoms with van der Waals surface area (Å²) in [7, 11) is 0. The molecule has 1 aliphatic carbocycles. The first-order chi connectivity index (χ1) is 23.7. The van der Waals surface area contributed by atoms with Gasteiger partial charge in [-0.15, -0.1) is 12.4 Å². The molecular formula is C38H50ClN7O4. The molecule has 1 aromatic heterocycles. The van der Waals surface area contributed by atoms with Crippen molar-refractivity contribution in [3.8, 4) is 11.1 Å². The number of hydrogen-bond acceptors (Lipinski definition) is 6. The van der Waals surface area contributed by atoms with Crippen LogP contribution in [0.3, 0.4) is 0 Å². The number of nitrogens with two attached hydrogens (primary N) is 1. The van der Waals surface area contributed by atoms with Crippen molar-refractivity contribution in [3.05, 3.63) is 87.7 Å². The van der Waals surface area contributed by atoms with Crippen molar-refractivity contribution in [3.63, 3.8) is 0 Å². The number of amides is 3. The molecule has 5 rings (SSSR count). The Morgan fingerprint density at radius 1 is 0.940 bits per heavy atom. The first kappa shape index (κ1) is 38.4. The third-order valence-corrected chi connectivity index (χ3v) is 9.83. The molecule has 7 N–H and O–H groups in total. The molecule has 11 nitrogen and oxygen atoms in total. The number of benzene rings is 3. The number of fused-ring (bicyclic) bond motifs is 1. The molecule has 0 unspecified atom stereocenters. The van der Waals surface area contributed by atoms with E-state index >= 15 is 0 Å². The van der Waals surface area contributed by atoms with E-state index in [9.17, 15) is 19.2 Å². The number of aromatic nitrogens is 2. The Bertz CT molecular complexity index is 1810. The second-order valence-electron chi connectivity index (χ2n) is 13.1. The number of rotatable bonds is 14. The first-order valence-electron chi connectivity index (χ1n) is 17.4. The summed E-state index contributed by atoms with van der Waals surface area (Å²) in [5, 5.41) is 14.8. The van der Waals surface area contributed by atoms with E-state index in [2.05, 4.69) is 44.9 Å². The van der Waals surface area contributed by atoms with Gasteiger partial charge < -0.3 is 26.6 Å². The molecule has 268 valence electrons. The van der Waals surface area contributed by atoms with Crippen LogP contribution in [-0.4, -0.2) is 71.6 Å². The number of likely N-dealkylation sites (N-methyl/N-ethyl adjacent to an activating group) is 1. The maximum atomic E-state index is 13.7. The number of anilines is 1. The van der Waals surface area contributed by atoms with Gasteiger partial charge in [0.2, 0.25) is 11.8 Å². The fourth-order valence-corrected chi connectivity index (χ4v) is 6.66. The molecule has 1 aliphatic rings. The van der Waals surface area contributed by atoms with Crippen LogP contribution in [0.5, 0.6) is 0 Å². The number of aromatic amines is 2. The van der Waals surface area contributed by atoms with Crippen molar-refractivity contribution >= 4 is 46.7 Å². The van der Waals surface area contributed by atoms with E-state index in [0.717, 1.165) is 67.6 Å². The van der Waals surface area contributed by atoms with E-state index in [-0.39, 0.29) is 41.6 Å². The molecule has 0 aliphatic heterocycles. The normalized spacial score (nSPS) is 16.4. The number of carbonyl (C=O) groups is 3. The third-order valence-electron chi connectivity index (χ3n) is 9.83. The molecule has 0 bridgehead atoms. The van der Waals surface area contributed by atoms with Gasteiger partial charge in [0, 0.05) is 36.7 Å². The number of halogens is 1. The number of hydrogen-bond donors (Lipinski definition) is 6. The molecular weight excluding hydrogens is 654 g/mol. The largest absolute Gasteiger partial charge is 0.351 e. The zero-order chi connectivity index (χ0) is 34.9. The monoisotopic (exact) mass is 703 g/mol. The summed E-state index contributed by atoms with van der Waals surface area (Å²) in [4.78, 5) is 54.0. The summed E-state index contributed by atoms with van der Waals surface area (Å²) in [5.74, 6) is -0.261. The lowest BCUT2D eigenvalue weighted by Gasteiger charge is -2.28. The van der Waals surface area contributed by atoms with Gasteiger partial charge in [0.15, 0.2) is 0 Å². The van der Waals surface area contributed by atoms with Gasteiger partial charge in [-0.05, 0) is 111 Å². The van der Waals surface area contributed by atoms with Gasteiger partial charge in [-0.2, -0.15) is 0 Å². The van der Waals surface area contributed by atoms with Crippen molar-refractivity contribution in [2.24, 2.45) is 17.6 Å². The topological polar surface area (TPSA) is 165 Å². The minimum atomic E-state index is -0.812. The van der Waals surface area contributed by atoms with Crippen molar-refractivity contribution in [1.82, 2.24) is 25.7 Å². The minimum Gasteiger partial charge on any atom is -0.351 e. The summed E-state index contributed by atoms with van der Waals surface area (Å²) < 4.78 is 0. The molecule has 0 spiro atoms. The van der Waals surface area contributed by atoms with E-state index in [0.29, 0.717) is 47.6 Å². The van der Waals surface area contributed by atoms with E-state index < -0.39 is 6.04 Å². The molecule has 3 aromatic carbocycles. The van der Waals surface area contributed by atoms with Gasteiger partial charge in [-0.3, -0.25) is 29.4 Å². The number of aryl methyl sites for hydroxylation is 1. The van der Waals surface area contributed by atoms with Crippen LogP contribution in [0.2, 0.25) is 0 Å². The van der Waals surface area contributed by atoms with E-state index in [4.69, 9.17) is 5.73 Å². The molecule has 0 saturated heterocycles. The van der Waals surface area contributed by atoms with Gasteiger partial charge >= 0.3 is 0 Å².